The Balaban J connectivity index is 1.65. The topological polar surface area (TPSA) is 101 Å². The third kappa shape index (κ3) is 4.16. The van der Waals surface area contributed by atoms with Crippen LogP contribution in [0.4, 0.5) is 4.39 Å². The fourth-order valence-corrected chi connectivity index (χ4v) is 4.68. The molecule has 0 spiro atoms. The molecule has 0 unspecified atom stereocenters. The highest BCUT2D eigenvalue weighted by Gasteiger charge is 2.25. The minimum atomic E-state index is -0.651. The summed E-state index contributed by atoms with van der Waals surface area (Å²) in [4.78, 5) is 17.9. The second-order valence-electron chi connectivity index (χ2n) is 8.64. The molecule has 0 radical (unpaired) electrons. The Bertz CT molecular complexity index is 1490. The maximum Gasteiger partial charge on any atom is 0.272 e. The molecular formula is C25H23ClFN7O. The summed E-state index contributed by atoms with van der Waals surface area (Å²) in [5, 5.41) is 21.1. The number of nitrogens with zero attached hydrogens (tertiary/aromatic N) is 5. The van der Waals surface area contributed by atoms with Gasteiger partial charge in [-0.05, 0) is 62.7 Å². The van der Waals surface area contributed by atoms with Gasteiger partial charge in [0, 0.05) is 36.3 Å². The van der Waals surface area contributed by atoms with Crippen LogP contribution in [-0.4, -0.2) is 44.4 Å². The van der Waals surface area contributed by atoms with Crippen molar-refractivity contribution in [1.29, 1.82) is 5.26 Å². The molecule has 178 valence electrons. The van der Waals surface area contributed by atoms with Crippen molar-refractivity contribution in [2.45, 2.75) is 25.8 Å². The molecule has 8 nitrogen and oxygen atoms in total. The lowest BCUT2D eigenvalue weighted by Gasteiger charge is -2.23. The molecule has 5 rings (SSSR count). The van der Waals surface area contributed by atoms with Crippen LogP contribution < -0.4 is 10.6 Å². The third-order valence-electron chi connectivity index (χ3n) is 6.30. The number of aromatic nitrogens is 4. The molecule has 4 aromatic rings. The predicted octanol–water partition coefficient (Wildman–Crippen LogP) is 3.88. The fourth-order valence-electron chi connectivity index (χ4n) is 4.50. The number of fused-ring (bicyclic) bond motifs is 1. The van der Waals surface area contributed by atoms with Crippen LogP contribution in [0.3, 0.4) is 0 Å². The van der Waals surface area contributed by atoms with Crippen LogP contribution in [0.1, 0.15) is 34.6 Å². The molecule has 10 heteroatoms. The number of hydrogen-bond acceptors (Lipinski definition) is 5. The van der Waals surface area contributed by atoms with Crippen LogP contribution in [0, 0.1) is 24.1 Å². The number of benzene rings is 2. The number of rotatable bonds is 4. The van der Waals surface area contributed by atoms with Gasteiger partial charge >= 0.3 is 0 Å². The first kappa shape index (κ1) is 23.0. The van der Waals surface area contributed by atoms with Gasteiger partial charge in [-0.2, -0.15) is 10.4 Å². The van der Waals surface area contributed by atoms with E-state index in [-0.39, 0.29) is 23.2 Å². The summed E-state index contributed by atoms with van der Waals surface area (Å²) in [5.74, 6) is -0.551. The van der Waals surface area contributed by atoms with Gasteiger partial charge in [-0.25, -0.2) is 9.37 Å². The molecule has 1 aliphatic rings. The summed E-state index contributed by atoms with van der Waals surface area (Å²) < 4.78 is 17.9. The van der Waals surface area contributed by atoms with Crippen molar-refractivity contribution in [3.63, 3.8) is 0 Å². The molecule has 1 saturated heterocycles. The van der Waals surface area contributed by atoms with Crippen LogP contribution in [0.2, 0.25) is 5.15 Å². The van der Waals surface area contributed by atoms with E-state index in [0.29, 0.717) is 34.5 Å². The molecule has 0 aliphatic carbocycles. The molecule has 35 heavy (non-hydrogen) atoms. The highest BCUT2D eigenvalue weighted by atomic mass is 35.5. The number of carbonyl (C=O) groups excluding carboxylic acids is 1. The Kier molecular flexibility index (Phi) is 6.01. The second-order valence-corrected chi connectivity index (χ2v) is 9.00. The van der Waals surface area contributed by atoms with Crippen molar-refractivity contribution in [1.82, 2.24) is 30.0 Å². The lowest BCUT2D eigenvalue weighted by molar-refractivity contribution is 0.0925. The maximum absolute atomic E-state index is 14.5. The van der Waals surface area contributed by atoms with E-state index in [0.717, 1.165) is 30.3 Å². The lowest BCUT2D eigenvalue weighted by atomic mass is 10.1. The molecule has 1 fully saturated rings. The van der Waals surface area contributed by atoms with Crippen molar-refractivity contribution < 1.29 is 9.18 Å². The van der Waals surface area contributed by atoms with E-state index >= 15 is 0 Å². The maximum atomic E-state index is 14.5. The number of halogens is 2. The summed E-state index contributed by atoms with van der Waals surface area (Å²) in [6, 6.07) is 11.7. The van der Waals surface area contributed by atoms with Gasteiger partial charge < -0.3 is 10.6 Å². The Morgan fingerprint density at radius 2 is 2.14 bits per heavy atom. The second kappa shape index (κ2) is 9.13. The minimum Gasteiger partial charge on any atom is -0.347 e. The fraction of sp³-hybridized carbons (Fsp3) is 0.280. The lowest BCUT2D eigenvalue weighted by Crippen LogP contribution is -2.45. The predicted molar refractivity (Wildman–Crippen MR) is 131 cm³/mol. The van der Waals surface area contributed by atoms with Gasteiger partial charge in [0.25, 0.3) is 5.91 Å². The molecule has 2 aromatic carbocycles. The number of imidazole rings is 1. The van der Waals surface area contributed by atoms with E-state index in [1.807, 2.05) is 24.3 Å². The van der Waals surface area contributed by atoms with Crippen LogP contribution in [0.25, 0.3) is 28.0 Å². The van der Waals surface area contributed by atoms with E-state index in [1.54, 1.807) is 29.3 Å². The number of nitriles is 1. The molecule has 2 aromatic heterocycles. The monoisotopic (exact) mass is 491 g/mol. The van der Waals surface area contributed by atoms with Crippen molar-refractivity contribution in [3.8, 4) is 23.1 Å². The summed E-state index contributed by atoms with van der Waals surface area (Å²) in [5.41, 5.74) is 2.68. The van der Waals surface area contributed by atoms with Crippen molar-refractivity contribution in [3.05, 3.63) is 64.3 Å². The van der Waals surface area contributed by atoms with E-state index in [1.165, 1.54) is 12.1 Å². The quantitative estimate of drug-likeness (QED) is 0.451. The molecule has 2 N–H and O–H groups in total. The molecule has 1 aliphatic heterocycles. The smallest absolute Gasteiger partial charge is 0.272 e. The van der Waals surface area contributed by atoms with E-state index in [9.17, 15) is 9.18 Å². The first-order valence-electron chi connectivity index (χ1n) is 11.3. The Morgan fingerprint density at radius 3 is 2.86 bits per heavy atom. The summed E-state index contributed by atoms with van der Waals surface area (Å²) in [6.45, 7) is 3.45. The molecular weight excluding hydrogens is 469 g/mol. The minimum absolute atomic E-state index is 0.0159. The molecule has 1 atom stereocenters. The number of nitrogens with one attached hydrogen (secondary N) is 2. The van der Waals surface area contributed by atoms with Gasteiger partial charge in [0.2, 0.25) is 0 Å². The van der Waals surface area contributed by atoms with Crippen molar-refractivity contribution >= 4 is 28.4 Å². The Hall–Kier alpha value is -3.74. The number of aryl methyl sites for hydroxylation is 1. The average molecular weight is 492 g/mol. The van der Waals surface area contributed by atoms with Gasteiger partial charge in [0.1, 0.15) is 28.6 Å². The molecule has 0 bridgehead atoms. The molecule has 0 saturated carbocycles. The van der Waals surface area contributed by atoms with Gasteiger partial charge in [-0.1, -0.05) is 11.6 Å². The zero-order chi connectivity index (χ0) is 24.7. The summed E-state index contributed by atoms with van der Waals surface area (Å²) in [7, 11) is 1.76. The van der Waals surface area contributed by atoms with E-state index in [4.69, 9.17) is 16.9 Å². The van der Waals surface area contributed by atoms with Crippen LogP contribution in [0.15, 0.2) is 36.4 Å². The number of piperidine rings is 1. The number of hydrogen-bond donors (Lipinski definition) is 2. The first-order chi connectivity index (χ1) is 16.9. The zero-order valence-corrected chi connectivity index (χ0v) is 20.0. The normalized spacial score (nSPS) is 15.8. The van der Waals surface area contributed by atoms with Crippen LogP contribution in [-0.2, 0) is 7.05 Å². The standard InChI is InChI=1S/C25H23ClFN7O/c1-14-22(25(35)30-17-4-3-9-29-13-17)31-24(15-5-6-16(12-28)20(27)10-15)34(14)18-7-8-21-19(11-18)23(26)33(2)32-21/h5-8,10-11,17,29H,3-4,9,13H2,1-2H3,(H,30,35)/t17-/m1/s1. The zero-order valence-electron chi connectivity index (χ0n) is 19.3. The van der Waals surface area contributed by atoms with Crippen LogP contribution in [0.5, 0.6) is 0 Å². The summed E-state index contributed by atoms with van der Waals surface area (Å²) >= 11 is 6.44. The van der Waals surface area contributed by atoms with E-state index < -0.39 is 5.82 Å². The Morgan fingerprint density at radius 1 is 1.31 bits per heavy atom. The van der Waals surface area contributed by atoms with Gasteiger partial charge in [0.05, 0.1) is 16.8 Å². The van der Waals surface area contributed by atoms with Gasteiger partial charge in [0.15, 0.2) is 0 Å². The third-order valence-corrected chi connectivity index (χ3v) is 6.75. The highest BCUT2D eigenvalue weighted by molar-refractivity contribution is 6.34. The van der Waals surface area contributed by atoms with Gasteiger partial charge in [-0.15, -0.1) is 0 Å². The number of carbonyl (C=O) groups is 1. The largest absolute Gasteiger partial charge is 0.347 e. The molecule has 3 heterocycles. The first-order valence-corrected chi connectivity index (χ1v) is 11.7. The van der Waals surface area contributed by atoms with E-state index in [2.05, 4.69) is 20.7 Å². The molecule has 1 amide bonds. The SMILES string of the molecule is Cc1c(C(=O)N[C@@H]2CCCNC2)nc(-c2ccc(C#N)c(F)c2)n1-c1ccc2nn(C)c(Cl)c2c1. The average Bonchev–Trinajstić information content (AvgIpc) is 3.35. The van der Waals surface area contributed by atoms with Crippen LogP contribution >= 0.6 is 11.6 Å². The van der Waals surface area contributed by atoms with Gasteiger partial charge in [-0.3, -0.25) is 14.0 Å². The van der Waals surface area contributed by atoms with Crippen molar-refractivity contribution in [2.24, 2.45) is 7.05 Å². The highest BCUT2D eigenvalue weighted by Crippen LogP contribution is 2.31. The Labute approximate surface area is 206 Å². The summed E-state index contributed by atoms with van der Waals surface area (Å²) in [6.07, 6.45) is 1.88. The number of amides is 1. The van der Waals surface area contributed by atoms with Crippen molar-refractivity contribution in [2.75, 3.05) is 13.1 Å².